The van der Waals surface area contributed by atoms with Gasteiger partial charge in [0.2, 0.25) is 0 Å². The Balaban J connectivity index is 2.02. The molecule has 0 spiro atoms. The molecule has 0 radical (unpaired) electrons. The average Bonchev–Trinajstić information content (AvgIpc) is 2.58. The van der Waals surface area contributed by atoms with Crippen LogP contribution < -0.4 is 10.6 Å². The van der Waals surface area contributed by atoms with Gasteiger partial charge in [0.1, 0.15) is 0 Å². The third-order valence-corrected chi connectivity index (χ3v) is 3.62. The van der Waals surface area contributed by atoms with E-state index in [0.29, 0.717) is 24.2 Å². The molecule has 2 aromatic carbocycles. The number of aryl methyl sites for hydroxylation is 1. The van der Waals surface area contributed by atoms with Crippen molar-refractivity contribution in [2.24, 2.45) is 0 Å². The van der Waals surface area contributed by atoms with Crippen LogP contribution in [0.1, 0.15) is 45.2 Å². The van der Waals surface area contributed by atoms with Gasteiger partial charge in [-0.1, -0.05) is 37.3 Å². The summed E-state index contributed by atoms with van der Waals surface area (Å²) in [5.41, 5.74) is 3.21. The maximum atomic E-state index is 12.3. The standard InChI is InChI=1S/C19H22N2O2/c1-3-11-20-18(22)15-9-6-10-16(12-15)19(23)21-13-17-8-5-4-7-14(17)2/h4-10,12H,3,11,13H2,1-2H3,(H,20,22)(H,21,23). The molecule has 4 heteroatoms. The van der Waals surface area contributed by atoms with Crippen LogP contribution in [0.15, 0.2) is 48.5 Å². The molecule has 120 valence electrons. The fraction of sp³-hybridized carbons (Fsp3) is 0.263. The summed E-state index contributed by atoms with van der Waals surface area (Å²) >= 11 is 0. The first-order valence-electron chi connectivity index (χ1n) is 7.82. The number of hydrogen-bond acceptors (Lipinski definition) is 2. The molecule has 0 bridgehead atoms. The second-order valence-electron chi connectivity index (χ2n) is 5.45. The quantitative estimate of drug-likeness (QED) is 0.861. The zero-order valence-electron chi connectivity index (χ0n) is 13.6. The van der Waals surface area contributed by atoms with Crippen LogP contribution in [0.4, 0.5) is 0 Å². The third kappa shape index (κ3) is 4.68. The summed E-state index contributed by atoms with van der Waals surface area (Å²) in [4.78, 5) is 24.2. The Morgan fingerprint density at radius 1 is 0.913 bits per heavy atom. The van der Waals surface area contributed by atoms with Crippen molar-refractivity contribution in [3.8, 4) is 0 Å². The molecular weight excluding hydrogens is 288 g/mol. The molecule has 0 aliphatic heterocycles. The Morgan fingerprint density at radius 2 is 1.57 bits per heavy atom. The molecule has 0 saturated heterocycles. The molecule has 0 atom stereocenters. The Hall–Kier alpha value is -2.62. The minimum absolute atomic E-state index is 0.152. The lowest BCUT2D eigenvalue weighted by Gasteiger charge is -2.09. The molecule has 0 saturated carbocycles. The number of nitrogens with one attached hydrogen (secondary N) is 2. The third-order valence-electron chi connectivity index (χ3n) is 3.62. The van der Waals surface area contributed by atoms with Crippen molar-refractivity contribution in [2.45, 2.75) is 26.8 Å². The summed E-state index contributed by atoms with van der Waals surface area (Å²) in [6, 6.07) is 14.7. The van der Waals surface area contributed by atoms with E-state index in [-0.39, 0.29) is 11.8 Å². The molecule has 0 unspecified atom stereocenters. The van der Waals surface area contributed by atoms with Crippen LogP contribution in [0.2, 0.25) is 0 Å². The number of hydrogen-bond donors (Lipinski definition) is 2. The number of amides is 2. The second-order valence-corrected chi connectivity index (χ2v) is 5.45. The van der Waals surface area contributed by atoms with Gasteiger partial charge in [-0.05, 0) is 42.7 Å². The number of rotatable bonds is 6. The van der Waals surface area contributed by atoms with E-state index in [1.54, 1.807) is 24.3 Å². The van der Waals surface area contributed by atoms with E-state index in [4.69, 9.17) is 0 Å². The normalized spacial score (nSPS) is 10.2. The largest absolute Gasteiger partial charge is 0.352 e. The van der Waals surface area contributed by atoms with Gasteiger partial charge in [0, 0.05) is 24.2 Å². The lowest BCUT2D eigenvalue weighted by atomic mass is 10.1. The van der Waals surface area contributed by atoms with Gasteiger partial charge in [0.05, 0.1) is 0 Å². The van der Waals surface area contributed by atoms with E-state index >= 15 is 0 Å². The molecular formula is C19H22N2O2. The molecule has 2 N–H and O–H groups in total. The van der Waals surface area contributed by atoms with Gasteiger partial charge in [0.15, 0.2) is 0 Å². The summed E-state index contributed by atoms with van der Waals surface area (Å²) in [6.45, 7) is 5.11. The number of carbonyl (C=O) groups excluding carboxylic acids is 2. The first-order chi connectivity index (χ1) is 11.1. The Bertz CT molecular complexity index is 695. The van der Waals surface area contributed by atoms with Crippen molar-refractivity contribution < 1.29 is 9.59 Å². The van der Waals surface area contributed by atoms with Crippen LogP contribution in [0.25, 0.3) is 0 Å². The first kappa shape index (κ1) is 16.7. The van der Waals surface area contributed by atoms with Gasteiger partial charge in [-0.3, -0.25) is 9.59 Å². The minimum atomic E-state index is -0.182. The number of carbonyl (C=O) groups is 2. The van der Waals surface area contributed by atoms with E-state index in [0.717, 1.165) is 17.5 Å². The highest BCUT2D eigenvalue weighted by Crippen LogP contribution is 2.08. The zero-order chi connectivity index (χ0) is 16.7. The number of benzene rings is 2. The van der Waals surface area contributed by atoms with Gasteiger partial charge in [0.25, 0.3) is 11.8 Å². The molecule has 0 fully saturated rings. The first-order valence-corrected chi connectivity index (χ1v) is 7.82. The van der Waals surface area contributed by atoms with Crippen LogP contribution in [-0.4, -0.2) is 18.4 Å². The predicted octanol–water partition coefficient (Wildman–Crippen LogP) is 3.06. The van der Waals surface area contributed by atoms with Crippen LogP contribution in [0.5, 0.6) is 0 Å². The summed E-state index contributed by atoms with van der Waals surface area (Å²) in [5.74, 6) is -0.334. The van der Waals surface area contributed by atoms with Gasteiger partial charge in [-0.25, -0.2) is 0 Å². The second kappa shape index (κ2) is 8.13. The molecule has 2 aromatic rings. The van der Waals surface area contributed by atoms with E-state index in [1.165, 1.54) is 0 Å². The molecule has 23 heavy (non-hydrogen) atoms. The summed E-state index contributed by atoms with van der Waals surface area (Å²) < 4.78 is 0. The monoisotopic (exact) mass is 310 g/mol. The maximum Gasteiger partial charge on any atom is 0.251 e. The topological polar surface area (TPSA) is 58.2 Å². The fourth-order valence-electron chi connectivity index (χ4n) is 2.23. The van der Waals surface area contributed by atoms with Crippen LogP contribution in [0, 0.1) is 6.92 Å². The van der Waals surface area contributed by atoms with E-state index in [1.807, 2.05) is 38.1 Å². The Kier molecular flexibility index (Phi) is 5.92. The Morgan fingerprint density at radius 3 is 2.22 bits per heavy atom. The molecule has 4 nitrogen and oxygen atoms in total. The molecule has 2 amide bonds. The lowest BCUT2D eigenvalue weighted by Crippen LogP contribution is -2.26. The van der Waals surface area contributed by atoms with Crippen LogP contribution in [-0.2, 0) is 6.54 Å². The highest BCUT2D eigenvalue weighted by molar-refractivity contribution is 5.99. The predicted molar refractivity (Wildman–Crippen MR) is 91.4 cm³/mol. The maximum absolute atomic E-state index is 12.3. The van der Waals surface area contributed by atoms with Gasteiger partial charge in [-0.15, -0.1) is 0 Å². The summed E-state index contributed by atoms with van der Waals surface area (Å²) in [7, 11) is 0. The Labute approximate surface area is 136 Å². The van der Waals surface area contributed by atoms with Gasteiger partial charge >= 0.3 is 0 Å². The van der Waals surface area contributed by atoms with E-state index < -0.39 is 0 Å². The van der Waals surface area contributed by atoms with Crippen LogP contribution >= 0.6 is 0 Å². The molecule has 0 aliphatic rings. The van der Waals surface area contributed by atoms with Crippen molar-refractivity contribution in [1.82, 2.24) is 10.6 Å². The van der Waals surface area contributed by atoms with Gasteiger partial charge in [-0.2, -0.15) is 0 Å². The smallest absolute Gasteiger partial charge is 0.251 e. The van der Waals surface area contributed by atoms with Crippen molar-refractivity contribution >= 4 is 11.8 Å². The van der Waals surface area contributed by atoms with E-state index in [2.05, 4.69) is 10.6 Å². The SMILES string of the molecule is CCCNC(=O)c1cccc(C(=O)NCc2ccccc2C)c1. The molecule has 0 heterocycles. The molecule has 0 aromatic heterocycles. The summed E-state index contributed by atoms with van der Waals surface area (Å²) in [5, 5.41) is 5.70. The van der Waals surface area contributed by atoms with Crippen molar-refractivity contribution in [3.05, 3.63) is 70.8 Å². The zero-order valence-corrected chi connectivity index (χ0v) is 13.6. The fourth-order valence-corrected chi connectivity index (χ4v) is 2.23. The van der Waals surface area contributed by atoms with Gasteiger partial charge < -0.3 is 10.6 Å². The van der Waals surface area contributed by atoms with Crippen molar-refractivity contribution in [2.75, 3.05) is 6.54 Å². The van der Waals surface area contributed by atoms with Crippen LogP contribution in [0.3, 0.4) is 0 Å². The highest BCUT2D eigenvalue weighted by Gasteiger charge is 2.10. The van der Waals surface area contributed by atoms with Crippen molar-refractivity contribution in [1.29, 1.82) is 0 Å². The average molecular weight is 310 g/mol. The van der Waals surface area contributed by atoms with Crippen molar-refractivity contribution in [3.63, 3.8) is 0 Å². The summed E-state index contributed by atoms with van der Waals surface area (Å²) in [6.07, 6.45) is 0.877. The minimum Gasteiger partial charge on any atom is -0.352 e. The molecule has 0 aliphatic carbocycles. The lowest BCUT2D eigenvalue weighted by molar-refractivity contribution is 0.0950. The highest BCUT2D eigenvalue weighted by atomic mass is 16.2. The molecule has 2 rings (SSSR count). The van der Waals surface area contributed by atoms with E-state index in [9.17, 15) is 9.59 Å².